The van der Waals surface area contributed by atoms with Gasteiger partial charge in [0.05, 0.1) is 11.2 Å². The number of aryl methyl sites for hydroxylation is 1. The zero-order chi connectivity index (χ0) is 25.4. The van der Waals surface area contributed by atoms with Gasteiger partial charge in [0.25, 0.3) is 11.4 Å². The van der Waals surface area contributed by atoms with Gasteiger partial charge in [-0.1, -0.05) is 6.57 Å². The Morgan fingerprint density at radius 2 is 1.89 bits per heavy atom. The van der Waals surface area contributed by atoms with Gasteiger partial charge in [0.1, 0.15) is 17.4 Å². The van der Waals surface area contributed by atoms with Gasteiger partial charge in [0.15, 0.2) is 6.79 Å². The van der Waals surface area contributed by atoms with Crippen LogP contribution in [0, 0.1) is 18.2 Å². The molecule has 0 amide bonds. The number of benzene rings is 1. The van der Waals surface area contributed by atoms with Crippen LogP contribution < -0.4 is 15.2 Å². The predicted molar refractivity (Wildman–Crippen MR) is 129 cm³/mol. The number of rotatable bonds is 5. The minimum atomic E-state index is -0.739. The summed E-state index contributed by atoms with van der Waals surface area (Å²) in [4.78, 5) is 24.7. The van der Waals surface area contributed by atoms with E-state index < -0.39 is 24.5 Å². The molecule has 1 aliphatic rings. The highest BCUT2D eigenvalue weighted by Gasteiger charge is 2.36. The lowest BCUT2D eigenvalue weighted by atomic mass is 9.99. The molecule has 10 heteroatoms. The molecule has 1 fully saturated rings. The largest absolute Gasteiger partial charge is 0.468 e. The van der Waals surface area contributed by atoms with Crippen LogP contribution in [0.3, 0.4) is 0 Å². The van der Waals surface area contributed by atoms with Crippen molar-refractivity contribution >= 4 is 22.5 Å². The van der Waals surface area contributed by atoms with Crippen LogP contribution in [-0.2, 0) is 7.05 Å². The molecule has 2 aromatic heterocycles. The zero-order valence-electron chi connectivity index (χ0n) is 20.0. The minimum absolute atomic E-state index is 0.0646. The number of hydrogen-bond donors (Lipinski definition) is 1. The number of anilines is 1. The molecule has 1 saturated heterocycles. The number of pyridine rings is 2. The lowest BCUT2D eigenvalue weighted by Crippen LogP contribution is -2.57. The fraction of sp³-hybridized carbons (Fsp3) is 0.400. The van der Waals surface area contributed by atoms with Crippen LogP contribution in [0.1, 0.15) is 32.4 Å². The van der Waals surface area contributed by atoms with Crippen LogP contribution in [0.5, 0.6) is 5.75 Å². The second kappa shape index (κ2) is 9.60. The van der Waals surface area contributed by atoms with Crippen molar-refractivity contribution in [3.05, 3.63) is 69.3 Å². The molecule has 0 spiro atoms. The molecule has 184 valence electrons. The summed E-state index contributed by atoms with van der Waals surface area (Å²) in [5.74, 6) is -1.31. The summed E-state index contributed by atoms with van der Waals surface area (Å²) in [6, 6.07) is 6.20. The van der Waals surface area contributed by atoms with E-state index in [4.69, 9.17) is 16.4 Å². The Bertz CT molecular complexity index is 1350. The van der Waals surface area contributed by atoms with Gasteiger partial charge in [0, 0.05) is 62.0 Å². The SMILES string of the molecule is [C-]#[N+]c1ccc2c(n1)c(N1C[C@@H](C)N(C(C)c3c(F)cc(OCO)cc3F)C[C@@H]1C)cc(=O)n2C. The fourth-order valence-electron chi connectivity index (χ4n) is 4.90. The number of ether oxygens (including phenoxy) is 1. The lowest BCUT2D eigenvalue weighted by Gasteiger charge is -2.47. The van der Waals surface area contributed by atoms with Gasteiger partial charge < -0.3 is 24.2 Å². The van der Waals surface area contributed by atoms with E-state index >= 15 is 0 Å². The molecule has 0 saturated carbocycles. The third-order valence-corrected chi connectivity index (χ3v) is 6.71. The highest BCUT2D eigenvalue weighted by molar-refractivity contribution is 5.89. The first-order valence-electron chi connectivity index (χ1n) is 11.3. The lowest BCUT2D eigenvalue weighted by molar-refractivity contribution is 0.0970. The molecule has 3 atom stereocenters. The molecule has 1 N–H and O–H groups in total. The summed E-state index contributed by atoms with van der Waals surface area (Å²) in [6.45, 7) is 13.3. The Balaban J connectivity index is 1.68. The topological polar surface area (TPSA) is 75.2 Å². The van der Waals surface area contributed by atoms with Crippen LogP contribution in [-0.4, -0.2) is 51.5 Å². The van der Waals surface area contributed by atoms with Crippen molar-refractivity contribution < 1.29 is 18.6 Å². The summed E-state index contributed by atoms with van der Waals surface area (Å²) in [5, 5.41) is 8.87. The average Bonchev–Trinajstić information content (AvgIpc) is 2.82. The maximum absolute atomic E-state index is 14.8. The Labute approximate surface area is 201 Å². The van der Waals surface area contributed by atoms with Crippen molar-refractivity contribution in [2.24, 2.45) is 7.05 Å². The monoisotopic (exact) mass is 483 g/mol. The van der Waals surface area contributed by atoms with Crippen molar-refractivity contribution in [3.63, 3.8) is 0 Å². The summed E-state index contributed by atoms with van der Waals surface area (Å²) in [6.07, 6.45) is 0. The second-order valence-corrected chi connectivity index (χ2v) is 8.87. The first-order valence-corrected chi connectivity index (χ1v) is 11.3. The van der Waals surface area contributed by atoms with Crippen molar-refractivity contribution in [1.29, 1.82) is 0 Å². The van der Waals surface area contributed by atoms with E-state index in [9.17, 15) is 13.6 Å². The van der Waals surface area contributed by atoms with Crippen molar-refractivity contribution in [2.45, 2.75) is 38.9 Å². The van der Waals surface area contributed by atoms with E-state index in [2.05, 4.69) is 14.7 Å². The third-order valence-electron chi connectivity index (χ3n) is 6.71. The first kappa shape index (κ1) is 24.6. The van der Waals surface area contributed by atoms with Crippen LogP contribution in [0.4, 0.5) is 20.3 Å². The Morgan fingerprint density at radius 3 is 2.51 bits per heavy atom. The van der Waals surface area contributed by atoms with Gasteiger partial charge in [0.2, 0.25) is 5.52 Å². The van der Waals surface area contributed by atoms with Crippen LogP contribution in [0.15, 0.2) is 35.1 Å². The number of hydrogen-bond acceptors (Lipinski definition) is 6. The molecular formula is C25H27F2N5O3. The van der Waals surface area contributed by atoms with Crippen LogP contribution in [0.25, 0.3) is 15.9 Å². The van der Waals surface area contributed by atoms with E-state index in [1.165, 1.54) is 10.6 Å². The number of nitrogens with zero attached hydrogens (tertiary/aromatic N) is 5. The van der Waals surface area contributed by atoms with Gasteiger partial charge in [-0.2, -0.15) is 0 Å². The standard InChI is InChI=1S/C25H27F2N5O3/c1-14-12-32(21-10-23(34)30(5)20-6-7-22(28-4)29-25(20)21)15(2)11-31(14)16(3)24-18(26)8-17(35-13-33)9-19(24)27/h6-10,14-16,33H,11-13H2,1-3,5H3/t14-,15+,16?/m1/s1. The van der Waals surface area contributed by atoms with E-state index in [1.54, 1.807) is 26.1 Å². The molecule has 1 aromatic carbocycles. The number of fused-ring (bicyclic) bond motifs is 1. The summed E-state index contributed by atoms with van der Waals surface area (Å²) >= 11 is 0. The molecule has 0 bridgehead atoms. The summed E-state index contributed by atoms with van der Waals surface area (Å²) in [7, 11) is 1.67. The van der Waals surface area contributed by atoms with Gasteiger partial charge >= 0.3 is 0 Å². The fourth-order valence-corrected chi connectivity index (χ4v) is 4.90. The van der Waals surface area contributed by atoms with E-state index in [0.717, 1.165) is 12.1 Å². The highest BCUT2D eigenvalue weighted by atomic mass is 19.1. The van der Waals surface area contributed by atoms with Crippen LogP contribution >= 0.6 is 0 Å². The molecule has 1 unspecified atom stereocenters. The normalized spacial score (nSPS) is 19.5. The Morgan fingerprint density at radius 1 is 1.20 bits per heavy atom. The minimum Gasteiger partial charge on any atom is -0.468 e. The molecule has 0 radical (unpaired) electrons. The Hall–Kier alpha value is -3.55. The highest BCUT2D eigenvalue weighted by Crippen LogP contribution is 2.35. The van der Waals surface area contributed by atoms with E-state index in [-0.39, 0.29) is 34.8 Å². The molecule has 0 aliphatic carbocycles. The zero-order valence-corrected chi connectivity index (χ0v) is 20.0. The average molecular weight is 484 g/mol. The van der Waals surface area contributed by atoms with Gasteiger partial charge in [-0.25, -0.2) is 8.78 Å². The number of aliphatic hydroxyl groups excluding tert-OH is 1. The quantitative estimate of drug-likeness (QED) is 0.440. The van der Waals surface area contributed by atoms with Gasteiger partial charge in [-0.15, -0.1) is 4.98 Å². The van der Waals surface area contributed by atoms with Crippen molar-refractivity contribution in [1.82, 2.24) is 14.5 Å². The third kappa shape index (κ3) is 4.45. The molecule has 4 rings (SSSR count). The molecule has 3 heterocycles. The molecular weight excluding hydrogens is 456 g/mol. The number of halogens is 2. The molecule has 3 aromatic rings. The molecule has 35 heavy (non-hydrogen) atoms. The van der Waals surface area contributed by atoms with Crippen molar-refractivity contribution in [2.75, 3.05) is 24.8 Å². The second-order valence-electron chi connectivity index (χ2n) is 8.87. The van der Waals surface area contributed by atoms with Gasteiger partial charge in [-0.3, -0.25) is 9.69 Å². The van der Waals surface area contributed by atoms with Crippen LogP contribution in [0.2, 0.25) is 0 Å². The predicted octanol–water partition coefficient (Wildman–Crippen LogP) is 3.75. The van der Waals surface area contributed by atoms with E-state index in [0.29, 0.717) is 29.8 Å². The summed E-state index contributed by atoms with van der Waals surface area (Å²) < 4.78 is 36.0. The number of piperazine rings is 1. The molecule has 8 nitrogen and oxygen atoms in total. The Kier molecular flexibility index (Phi) is 6.74. The maximum atomic E-state index is 14.8. The number of aromatic nitrogens is 2. The van der Waals surface area contributed by atoms with Crippen molar-refractivity contribution in [3.8, 4) is 5.75 Å². The van der Waals surface area contributed by atoms with Gasteiger partial charge in [-0.05, 0) is 32.9 Å². The summed E-state index contributed by atoms with van der Waals surface area (Å²) in [5.41, 5.74) is 1.59. The van der Waals surface area contributed by atoms with E-state index in [1.807, 2.05) is 18.7 Å². The first-order chi connectivity index (χ1) is 16.7. The number of aliphatic hydroxyl groups is 1. The molecule has 1 aliphatic heterocycles. The maximum Gasteiger partial charge on any atom is 0.270 e. The smallest absolute Gasteiger partial charge is 0.270 e.